The van der Waals surface area contributed by atoms with Gasteiger partial charge in [0.1, 0.15) is 0 Å². The molecular weight excluding hydrogens is 381 g/mol. The fourth-order valence-electron chi connectivity index (χ4n) is 2.13. The Balaban J connectivity index is 0.00000220. The molecule has 6 heteroatoms. The Morgan fingerprint density at radius 3 is 2.52 bits per heavy atom. The molecule has 1 aliphatic heterocycles. The molecular formula is C15H24IN3O2. The van der Waals surface area contributed by atoms with Crippen LogP contribution in [0, 0.1) is 0 Å². The molecule has 21 heavy (non-hydrogen) atoms. The molecule has 0 spiro atoms. The maximum atomic E-state index is 5.97. The van der Waals surface area contributed by atoms with E-state index < -0.39 is 0 Å². The van der Waals surface area contributed by atoms with Gasteiger partial charge in [-0.05, 0) is 31.5 Å². The van der Waals surface area contributed by atoms with E-state index >= 15 is 0 Å². The molecule has 1 aromatic rings. The molecule has 0 aliphatic carbocycles. The lowest BCUT2D eigenvalue weighted by molar-refractivity contribution is 0.297. The summed E-state index contributed by atoms with van der Waals surface area (Å²) in [5, 5.41) is 0. The number of guanidine groups is 1. The Bertz CT molecular complexity index is 476. The number of hydrogen-bond donors (Lipinski definition) is 1. The van der Waals surface area contributed by atoms with Crippen LogP contribution in [0.2, 0.25) is 0 Å². The van der Waals surface area contributed by atoms with Gasteiger partial charge in [-0.2, -0.15) is 0 Å². The molecule has 0 unspecified atom stereocenters. The molecule has 1 aromatic carbocycles. The first-order valence-electron chi connectivity index (χ1n) is 7.18. The zero-order valence-corrected chi connectivity index (χ0v) is 15.0. The Hall–Kier alpha value is -1.18. The van der Waals surface area contributed by atoms with Crippen molar-refractivity contribution in [2.75, 3.05) is 26.3 Å². The quantitative estimate of drug-likeness (QED) is 0.476. The third-order valence-corrected chi connectivity index (χ3v) is 3.32. The summed E-state index contributed by atoms with van der Waals surface area (Å²) in [7, 11) is 0. The summed E-state index contributed by atoms with van der Waals surface area (Å²) in [4.78, 5) is 6.46. The monoisotopic (exact) mass is 405 g/mol. The van der Waals surface area contributed by atoms with Crippen molar-refractivity contribution in [3.8, 4) is 11.5 Å². The van der Waals surface area contributed by atoms with Gasteiger partial charge in [0.15, 0.2) is 17.5 Å². The number of fused-ring (bicyclic) bond motifs is 1. The van der Waals surface area contributed by atoms with Crippen LogP contribution in [0.1, 0.15) is 25.8 Å². The van der Waals surface area contributed by atoms with Crippen LogP contribution >= 0.6 is 24.0 Å². The summed E-state index contributed by atoms with van der Waals surface area (Å²) in [6, 6.07) is 5.94. The Kier molecular flexibility index (Phi) is 7.63. The van der Waals surface area contributed by atoms with Crippen molar-refractivity contribution >= 4 is 29.9 Å². The van der Waals surface area contributed by atoms with Crippen molar-refractivity contribution in [2.45, 2.75) is 26.8 Å². The lowest BCUT2D eigenvalue weighted by Crippen LogP contribution is -2.37. The number of nitrogens with zero attached hydrogens (tertiary/aromatic N) is 2. The second kappa shape index (κ2) is 8.96. The van der Waals surface area contributed by atoms with Crippen LogP contribution < -0.4 is 15.2 Å². The lowest BCUT2D eigenvalue weighted by atomic mass is 10.2. The first-order valence-corrected chi connectivity index (χ1v) is 7.18. The van der Waals surface area contributed by atoms with Crippen molar-refractivity contribution in [1.82, 2.24) is 4.90 Å². The average Bonchev–Trinajstić information content (AvgIpc) is 2.71. The van der Waals surface area contributed by atoms with Crippen molar-refractivity contribution in [3.63, 3.8) is 0 Å². The summed E-state index contributed by atoms with van der Waals surface area (Å²) in [6.07, 6.45) is 0.914. The molecule has 1 heterocycles. The van der Waals surface area contributed by atoms with Crippen LogP contribution in [0.3, 0.4) is 0 Å². The van der Waals surface area contributed by atoms with Crippen LogP contribution in [0.5, 0.6) is 11.5 Å². The number of ether oxygens (including phenoxy) is 2. The molecule has 0 saturated carbocycles. The normalized spacial score (nSPS) is 14.1. The van der Waals surface area contributed by atoms with Gasteiger partial charge in [0.2, 0.25) is 0 Å². The highest BCUT2D eigenvalue weighted by Gasteiger charge is 2.10. The van der Waals surface area contributed by atoms with Gasteiger partial charge in [0.25, 0.3) is 0 Å². The van der Waals surface area contributed by atoms with E-state index in [-0.39, 0.29) is 24.0 Å². The molecule has 0 amide bonds. The van der Waals surface area contributed by atoms with Crippen molar-refractivity contribution < 1.29 is 9.47 Å². The van der Waals surface area contributed by atoms with Crippen LogP contribution in [-0.4, -0.2) is 37.2 Å². The standard InChI is InChI=1S/C15H23N3O2.HI/c1-3-18(4-2)15(16)17-11-12-6-7-13-14(10-12)20-9-5-8-19-13;/h6-7,10H,3-5,8-9,11H2,1-2H3,(H2,16,17);1H. The first-order chi connectivity index (χ1) is 9.74. The molecule has 0 radical (unpaired) electrons. The third-order valence-electron chi connectivity index (χ3n) is 3.32. The van der Waals surface area contributed by atoms with E-state index in [1.807, 2.05) is 23.1 Å². The van der Waals surface area contributed by atoms with Gasteiger partial charge in [-0.15, -0.1) is 24.0 Å². The molecule has 0 atom stereocenters. The highest BCUT2D eigenvalue weighted by molar-refractivity contribution is 14.0. The van der Waals surface area contributed by atoms with E-state index in [2.05, 4.69) is 18.8 Å². The maximum absolute atomic E-state index is 5.97. The predicted octanol–water partition coefficient (Wildman–Crippen LogP) is 2.62. The van der Waals surface area contributed by atoms with E-state index in [1.165, 1.54) is 0 Å². The topological polar surface area (TPSA) is 60.1 Å². The largest absolute Gasteiger partial charge is 0.490 e. The van der Waals surface area contributed by atoms with E-state index in [0.29, 0.717) is 25.7 Å². The minimum absolute atomic E-state index is 0. The van der Waals surface area contributed by atoms with Gasteiger partial charge in [0.05, 0.1) is 19.8 Å². The highest BCUT2D eigenvalue weighted by Crippen LogP contribution is 2.30. The van der Waals surface area contributed by atoms with Crippen molar-refractivity contribution in [3.05, 3.63) is 23.8 Å². The fourth-order valence-corrected chi connectivity index (χ4v) is 2.13. The van der Waals surface area contributed by atoms with E-state index in [9.17, 15) is 0 Å². The summed E-state index contributed by atoms with van der Waals surface area (Å²) in [5.41, 5.74) is 7.04. The minimum atomic E-state index is 0. The van der Waals surface area contributed by atoms with Gasteiger partial charge >= 0.3 is 0 Å². The van der Waals surface area contributed by atoms with Gasteiger partial charge in [-0.3, -0.25) is 0 Å². The van der Waals surface area contributed by atoms with E-state index in [4.69, 9.17) is 15.2 Å². The summed E-state index contributed by atoms with van der Waals surface area (Å²) < 4.78 is 11.3. The zero-order chi connectivity index (χ0) is 14.4. The lowest BCUT2D eigenvalue weighted by Gasteiger charge is -2.19. The molecule has 0 saturated heterocycles. The first kappa shape index (κ1) is 17.9. The Morgan fingerprint density at radius 2 is 1.86 bits per heavy atom. The highest BCUT2D eigenvalue weighted by atomic mass is 127. The molecule has 0 fully saturated rings. The molecule has 5 nitrogen and oxygen atoms in total. The molecule has 118 valence electrons. The van der Waals surface area contributed by atoms with Crippen LogP contribution in [-0.2, 0) is 6.54 Å². The van der Waals surface area contributed by atoms with Crippen molar-refractivity contribution in [1.29, 1.82) is 0 Å². The number of benzene rings is 1. The predicted molar refractivity (Wildman–Crippen MR) is 95.7 cm³/mol. The molecule has 1 aliphatic rings. The summed E-state index contributed by atoms with van der Waals surface area (Å²) in [5.74, 6) is 2.20. The SMILES string of the molecule is CCN(CC)C(N)=NCc1ccc2c(c1)OCCCO2.I. The summed E-state index contributed by atoms with van der Waals surface area (Å²) in [6.45, 7) is 7.83. The van der Waals surface area contributed by atoms with Crippen LogP contribution in [0.4, 0.5) is 0 Å². The van der Waals surface area contributed by atoms with Gasteiger partial charge < -0.3 is 20.1 Å². The van der Waals surface area contributed by atoms with Crippen LogP contribution in [0.15, 0.2) is 23.2 Å². The maximum Gasteiger partial charge on any atom is 0.191 e. The minimum Gasteiger partial charge on any atom is -0.490 e. The fraction of sp³-hybridized carbons (Fsp3) is 0.533. The molecule has 2 N–H and O–H groups in total. The second-order valence-electron chi connectivity index (χ2n) is 4.68. The number of halogens is 1. The van der Waals surface area contributed by atoms with Crippen LogP contribution in [0.25, 0.3) is 0 Å². The molecule has 2 rings (SSSR count). The molecule has 0 bridgehead atoms. The number of hydrogen-bond acceptors (Lipinski definition) is 3. The van der Waals surface area contributed by atoms with Gasteiger partial charge in [-0.1, -0.05) is 6.07 Å². The van der Waals surface area contributed by atoms with E-state index in [0.717, 1.165) is 36.6 Å². The van der Waals surface area contributed by atoms with Gasteiger partial charge in [-0.25, -0.2) is 4.99 Å². The Morgan fingerprint density at radius 1 is 1.19 bits per heavy atom. The summed E-state index contributed by atoms with van der Waals surface area (Å²) >= 11 is 0. The number of aliphatic imine (C=N–C) groups is 1. The van der Waals surface area contributed by atoms with E-state index in [1.54, 1.807) is 0 Å². The zero-order valence-electron chi connectivity index (χ0n) is 12.7. The van der Waals surface area contributed by atoms with Gasteiger partial charge in [0, 0.05) is 19.5 Å². The smallest absolute Gasteiger partial charge is 0.191 e. The molecule has 0 aromatic heterocycles. The van der Waals surface area contributed by atoms with Crippen molar-refractivity contribution in [2.24, 2.45) is 10.7 Å². The average molecular weight is 405 g/mol. The second-order valence-corrected chi connectivity index (χ2v) is 4.68. The number of rotatable bonds is 4. The Labute approximate surface area is 143 Å². The number of nitrogens with two attached hydrogens (primary N) is 1. The third kappa shape index (κ3) is 4.94.